The van der Waals surface area contributed by atoms with Crippen LogP contribution in [0.1, 0.15) is 18.9 Å². The number of ether oxygens (including phenoxy) is 1. The van der Waals surface area contributed by atoms with Crippen molar-refractivity contribution in [2.75, 3.05) is 32.8 Å². The van der Waals surface area contributed by atoms with Crippen LogP contribution in [-0.4, -0.2) is 44.8 Å². The highest BCUT2D eigenvalue weighted by atomic mass is 16.5. The summed E-state index contributed by atoms with van der Waals surface area (Å²) >= 11 is 0. The van der Waals surface area contributed by atoms with E-state index in [9.17, 15) is 9.59 Å². The maximum Gasteiger partial charge on any atom is 0.315 e. The molecule has 1 aromatic carbocycles. The van der Waals surface area contributed by atoms with Gasteiger partial charge in [0.2, 0.25) is 5.91 Å². The molecule has 0 bridgehead atoms. The molecule has 0 unspecified atom stereocenters. The molecule has 0 spiro atoms. The number of amides is 3. The number of carbonyl (C=O) groups is 2. The van der Waals surface area contributed by atoms with Crippen LogP contribution in [0.2, 0.25) is 0 Å². The second-order valence-electron chi connectivity index (χ2n) is 4.75. The molecule has 0 atom stereocenters. The summed E-state index contributed by atoms with van der Waals surface area (Å²) in [5.41, 5.74) is 1.17. The fraction of sp³-hybridized carbons (Fsp3) is 0.500. The minimum absolute atomic E-state index is 0.0217. The van der Waals surface area contributed by atoms with Gasteiger partial charge in [-0.1, -0.05) is 30.3 Å². The Kier molecular flexibility index (Phi) is 9.45. The van der Waals surface area contributed by atoms with E-state index in [-0.39, 0.29) is 18.5 Å². The fourth-order valence-corrected chi connectivity index (χ4v) is 1.80. The van der Waals surface area contributed by atoms with Crippen LogP contribution in [0, 0.1) is 0 Å². The summed E-state index contributed by atoms with van der Waals surface area (Å²) in [6, 6.07) is 9.58. The van der Waals surface area contributed by atoms with Gasteiger partial charge in [0.25, 0.3) is 0 Å². The van der Waals surface area contributed by atoms with Crippen molar-refractivity contribution < 1.29 is 14.3 Å². The van der Waals surface area contributed by atoms with E-state index in [0.29, 0.717) is 26.3 Å². The van der Waals surface area contributed by atoms with Gasteiger partial charge in [-0.15, -0.1) is 0 Å². The number of rotatable bonds is 10. The number of hydrogen-bond donors (Lipinski definition) is 3. The van der Waals surface area contributed by atoms with E-state index in [4.69, 9.17) is 4.74 Å². The first-order valence-corrected chi connectivity index (χ1v) is 7.62. The lowest BCUT2D eigenvalue weighted by Crippen LogP contribution is -2.42. The number of hydrogen-bond acceptors (Lipinski definition) is 3. The molecule has 0 saturated heterocycles. The van der Waals surface area contributed by atoms with Crippen molar-refractivity contribution in [1.29, 1.82) is 0 Å². The Morgan fingerprint density at radius 3 is 2.55 bits per heavy atom. The molecule has 6 heteroatoms. The summed E-state index contributed by atoms with van der Waals surface area (Å²) in [6.45, 7) is 4.29. The van der Waals surface area contributed by atoms with E-state index in [2.05, 4.69) is 16.0 Å². The van der Waals surface area contributed by atoms with E-state index in [1.54, 1.807) is 0 Å². The average molecular weight is 307 g/mol. The van der Waals surface area contributed by atoms with Gasteiger partial charge in [0.1, 0.15) is 0 Å². The first-order valence-electron chi connectivity index (χ1n) is 7.62. The van der Waals surface area contributed by atoms with Crippen LogP contribution in [0.4, 0.5) is 4.79 Å². The molecule has 0 radical (unpaired) electrons. The fourth-order valence-electron chi connectivity index (χ4n) is 1.80. The topological polar surface area (TPSA) is 79.5 Å². The molecule has 0 heterocycles. The molecule has 0 aliphatic rings. The van der Waals surface area contributed by atoms with Gasteiger partial charge in [-0.05, 0) is 25.3 Å². The van der Waals surface area contributed by atoms with Gasteiger partial charge < -0.3 is 20.7 Å². The normalized spacial score (nSPS) is 10.0. The average Bonchev–Trinajstić information content (AvgIpc) is 2.54. The lowest BCUT2D eigenvalue weighted by Gasteiger charge is -2.08. The van der Waals surface area contributed by atoms with E-state index < -0.39 is 0 Å². The summed E-state index contributed by atoms with van der Waals surface area (Å²) in [6.07, 6.45) is 1.53. The molecule has 1 aromatic rings. The summed E-state index contributed by atoms with van der Waals surface area (Å²) in [5.74, 6) is -0.194. The molecule has 0 fully saturated rings. The zero-order valence-corrected chi connectivity index (χ0v) is 13.1. The van der Waals surface area contributed by atoms with Gasteiger partial charge in [-0.25, -0.2) is 4.79 Å². The zero-order chi connectivity index (χ0) is 16.0. The molecule has 3 N–H and O–H groups in total. The molecule has 122 valence electrons. The van der Waals surface area contributed by atoms with Gasteiger partial charge in [-0.2, -0.15) is 0 Å². The van der Waals surface area contributed by atoms with Crippen LogP contribution in [0.5, 0.6) is 0 Å². The predicted molar refractivity (Wildman–Crippen MR) is 85.7 cm³/mol. The first kappa shape index (κ1) is 18.0. The van der Waals surface area contributed by atoms with E-state index in [1.165, 1.54) is 5.56 Å². The second kappa shape index (κ2) is 11.6. The number of urea groups is 1. The number of benzene rings is 1. The summed E-state index contributed by atoms with van der Waals surface area (Å²) in [7, 11) is 0. The highest BCUT2D eigenvalue weighted by Gasteiger charge is 2.04. The lowest BCUT2D eigenvalue weighted by atomic mass is 10.1. The van der Waals surface area contributed by atoms with Gasteiger partial charge >= 0.3 is 6.03 Å². The molecule has 6 nitrogen and oxygen atoms in total. The molecule has 0 aliphatic heterocycles. The van der Waals surface area contributed by atoms with Crippen LogP contribution in [0.15, 0.2) is 30.3 Å². The highest BCUT2D eigenvalue weighted by molar-refractivity contribution is 5.83. The smallest absolute Gasteiger partial charge is 0.315 e. The van der Waals surface area contributed by atoms with Gasteiger partial charge in [0.05, 0.1) is 6.54 Å². The van der Waals surface area contributed by atoms with E-state index in [0.717, 1.165) is 12.8 Å². The molecule has 3 amide bonds. The minimum atomic E-state index is -0.338. The van der Waals surface area contributed by atoms with Crippen molar-refractivity contribution >= 4 is 11.9 Å². The summed E-state index contributed by atoms with van der Waals surface area (Å²) in [4.78, 5) is 23.0. The van der Waals surface area contributed by atoms with Gasteiger partial charge in [0.15, 0.2) is 0 Å². The summed E-state index contributed by atoms with van der Waals surface area (Å²) in [5, 5.41) is 7.96. The number of carbonyl (C=O) groups excluding carboxylic acids is 2. The third kappa shape index (κ3) is 8.97. The quantitative estimate of drug-likeness (QED) is 0.566. The van der Waals surface area contributed by atoms with Crippen molar-refractivity contribution in [3.8, 4) is 0 Å². The molecule has 0 aliphatic carbocycles. The van der Waals surface area contributed by atoms with Crippen molar-refractivity contribution in [3.05, 3.63) is 35.9 Å². The number of nitrogens with one attached hydrogen (secondary N) is 3. The van der Waals surface area contributed by atoms with Crippen LogP contribution in [0.25, 0.3) is 0 Å². The molecule has 1 rings (SSSR count). The third-order valence-corrected chi connectivity index (χ3v) is 2.94. The van der Waals surface area contributed by atoms with Crippen LogP contribution >= 0.6 is 0 Å². The van der Waals surface area contributed by atoms with E-state index in [1.807, 2.05) is 37.3 Å². The molecule has 0 saturated carbocycles. The monoisotopic (exact) mass is 307 g/mol. The maximum atomic E-state index is 11.6. The van der Waals surface area contributed by atoms with Crippen LogP contribution < -0.4 is 16.0 Å². The Labute approximate surface area is 131 Å². The SMILES string of the molecule is CCOCCCNC(=O)NCC(=O)NCCc1ccccc1. The van der Waals surface area contributed by atoms with Crippen molar-refractivity contribution in [2.45, 2.75) is 19.8 Å². The zero-order valence-electron chi connectivity index (χ0n) is 13.1. The maximum absolute atomic E-state index is 11.6. The Morgan fingerprint density at radius 2 is 1.82 bits per heavy atom. The highest BCUT2D eigenvalue weighted by Crippen LogP contribution is 1.97. The van der Waals surface area contributed by atoms with Crippen LogP contribution in [0.3, 0.4) is 0 Å². The Bertz CT molecular complexity index is 438. The Morgan fingerprint density at radius 1 is 1.05 bits per heavy atom. The molecular weight excluding hydrogens is 282 g/mol. The second-order valence-corrected chi connectivity index (χ2v) is 4.75. The minimum Gasteiger partial charge on any atom is -0.382 e. The molecule has 0 aromatic heterocycles. The summed E-state index contributed by atoms with van der Waals surface area (Å²) < 4.78 is 5.16. The first-order chi connectivity index (χ1) is 10.7. The van der Waals surface area contributed by atoms with E-state index >= 15 is 0 Å². The predicted octanol–water partition coefficient (Wildman–Crippen LogP) is 1.07. The van der Waals surface area contributed by atoms with Crippen molar-refractivity contribution in [2.24, 2.45) is 0 Å². The lowest BCUT2D eigenvalue weighted by molar-refractivity contribution is -0.120. The van der Waals surface area contributed by atoms with Crippen molar-refractivity contribution in [1.82, 2.24) is 16.0 Å². The third-order valence-electron chi connectivity index (χ3n) is 2.94. The van der Waals surface area contributed by atoms with Crippen molar-refractivity contribution in [3.63, 3.8) is 0 Å². The molecular formula is C16H25N3O3. The Hall–Kier alpha value is -2.08. The Balaban J connectivity index is 2.01. The molecule has 22 heavy (non-hydrogen) atoms. The van der Waals surface area contributed by atoms with Crippen LogP contribution in [-0.2, 0) is 16.0 Å². The largest absolute Gasteiger partial charge is 0.382 e. The van der Waals surface area contributed by atoms with Gasteiger partial charge in [0, 0.05) is 26.3 Å². The standard InChI is InChI=1S/C16H25N3O3/c1-2-22-12-6-10-18-16(21)19-13-15(20)17-11-9-14-7-4-3-5-8-14/h3-5,7-8H,2,6,9-13H2,1H3,(H,17,20)(H2,18,19,21). The van der Waals surface area contributed by atoms with Gasteiger partial charge in [-0.3, -0.25) is 4.79 Å².